The molecule has 1 atom stereocenters. The molecule has 0 aliphatic heterocycles. The molecule has 0 radical (unpaired) electrons. The molecule has 0 amide bonds. The van der Waals surface area contributed by atoms with Gasteiger partial charge in [-0.05, 0) is 18.1 Å². The van der Waals surface area contributed by atoms with Crippen molar-refractivity contribution in [1.82, 2.24) is 4.72 Å². The highest BCUT2D eigenvalue weighted by molar-refractivity contribution is 7.89. The van der Waals surface area contributed by atoms with Gasteiger partial charge in [0.25, 0.3) is 0 Å². The van der Waals surface area contributed by atoms with Crippen LogP contribution in [0.5, 0.6) is 0 Å². The molecule has 1 aromatic rings. The molecule has 18 heavy (non-hydrogen) atoms. The maximum Gasteiger partial charge on any atom is 0.326 e. The molecule has 100 valence electrons. The van der Waals surface area contributed by atoms with E-state index in [4.69, 9.17) is 16.7 Å². The molecule has 0 saturated heterocycles. The van der Waals surface area contributed by atoms with E-state index in [9.17, 15) is 13.2 Å². The first-order chi connectivity index (χ1) is 8.37. The number of hydrogen-bond acceptors (Lipinski definition) is 3. The van der Waals surface area contributed by atoms with Gasteiger partial charge in [0.2, 0.25) is 10.0 Å². The Labute approximate surface area is 111 Å². The van der Waals surface area contributed by atoms with Crippen molar-refractivity contribution in [3.8, 4) is 0 Å². The summed E-state index contributed by atoms with van der Waals surface area (Å²) in [4.78, 5) is 11.1. The third-order valence-corrected chi connectivity index (χ3v) is 4.12. The first-order valence-electron chi connectivity index (χ1n) is 5.34. The van der Waals surface area contributed by atoms with Gasteiger partial charge in [0.15, 0.2) is 0 Å². The van der Waals surface area contributed by atoms with Gasteiger partial charge in [-0.15, -0.1) is 0 Å². The lowest BCUT2D eigenvalue weighted by molar-refractivity contribution is -0.139. The minimum Gasteiger partial charge on any atom is -0.480 e. The topological polar surface area (TPSA) is 83.5 Å². The van der Waals surface area contributed by atoms with Gasteiger partial charge in [0.1, 0.15) is 6.04 Å². The van der Waals surface area contributed by atoms with Crippen molar-refractivity contribution in [3.05, 3.63) is 34.9 Å². The number of benzene rings is 1. The Morgan fingerprint density at radius 2 is 2.06 bits per heavy atom. The molecule has 0 saturated carbocycles. The molecular formula is C11H14ClNO4S. The van der Waals surface area contributed by atoms with Crippen LogP contribution in [0.2, 0.25) is 5.02 Å². The molecule has 0 spiro atoms. The fraction of sp³-hybridized carbons (Fsp3) is 0.364. The summed E-state index contributed by atoms with van der Waals surface area (Å²) < 4.78 is 25.4. The Bertz CT molecular complexity index is 530. The van der Waals surface area contributed by atoms with Gasteiger partial charge in [0, 0.05) is 5.02 Å². The summed E-state index contributed by atoms with van der Waals surface area (Å²) in [6.45, 7) is 1.70. The normalized spacial score (nSPS) is 13.2. The summed E-state index contributed by atoms with van der Waals surface area (Å²) in [6.07, 6.45) is 0.407. The predicted molar refractivity (Wildman–Crippen MR) is 69.0 cm³/mol. The molecule has 5 nitrogen and oxygen atoms in total. The zero-order valence-electron chi connectivity index (χ0n) is 9.76. The number of halogens is 1. The van der Waals surface area contributed by atoms with E-state index in [1.807, 2.05) is 0 Å². The van der Waals surface area contributed by atoms with E-state index < -0.39 is 22.0 Å². The lowest BCUT2D eigenvalue weighted by atomic mass is 10.1. The molecule has 0 unspecified atom stereocenters. The summed E-state index contributed by atoms with van der Waals surface area (Å²) in [7, 11) is -3.63. The van der Waals surface area contributed by atoms with Crippen LogP contribution in [-0.4, -0.2) is 25.2 Å². The van der Waals surface area contributed by atoms with E-state index in [1.54, 1.807) is 19.1 Å². The maximum atomic E-state index is 11.6. The first-order valence-corrected chi connectivity index (χ1v) is 7.37. The third kappa shape index (κ3) is 3.97. The van der Waals surface area contributed by atoms with Crippen LogP contribution in [0, 0.1) is 0 Å². The lowest BCUT2D eigenvalue weighted by Gasteiger charge is -2.16. The van der Waals surface area contributed by atoms with E-state index in [0.717, 1.165) is 0 Å². The van der Waals surface area contributed by atoms with E-state index in [-0.39, 0.29) is 16.3 Å². The van der Waals surface area contributed by atoms with Crippen LogP contribution in [0.15, 0.2) is 24.3 Å². The summed E-state index contributed by atoms with van der Waals surface area (Å²) >= 11 is 5.87. The van der Waals surface area contributed by atoms with Crippen LogP contribution in [0.3, 0.4) is 0 Å². The quantitative estimate of drug-likeness (QED) is 0.837. The highest BCUT2D eigenvalue weighted by Crippen LogP contribution is 2.23. The lowest BCUT2D eigenvalue weighted by Crippen LogP contribution is -2.35. The highest BCUT2D eigenvalue weighted by Gasteiger charge is 2.26. The van der Waals surface area contributed by atoms with Crippen molar-refractivity contribution < 1.29 is 18.3 Å². The monoisotopic (exact) mass is 291 g/mol. The van der Waals surface area contributed by atoms with Gasteiger partial charge in [-0.3, -0.25) is 4.79 Å². The van der Waals surface area contributed by atoms with Crippen molar-refractivity contribution in [3.63, 3.8) is 0 Å². The number of carbonyl (C=O) groups is 1. The molecule has 0 fully saturated rings. The Hall–Kier alpha value is -1.11. The largest absolute Gasteiger partial charge is 0.480 e. The molecule has 0 aliphatic rings. The van der Waals surface area contributed by atoms with Crippen molar-refractivity contribution in [2.75, 3.05) is 5.75 Å². The van der Waals surface area contributed by atoms with E-state index in [1.165, 1.54) is 12.1 Å². The molecule has 1 rings (SSSR count). The van der Waals surface area contributed by atoms with E-state index in [2.05, 4.69) is 4.72 Å². The van der Waals surface area contributed by atoms with Gasteiger partial charge >= 0.3 is 5.97 Å². The maximum absolute atomic E-state index is 11.6. The van der Waals surface area contributed by atoms with Crippen LogP contribution in [-0.2, 0) is 14.8 Å². The molecular weight excluding hydrogens is 278 g/mol. The summed E-state index contributed by atoms with van der Waals surface area (Å²) in [5.41, 5.74) is 0.228. The molecule has 0 bridgehead atoms. The van der Waals surface area contributed by atoms with Crippen molar-refractivity contribution >= 4 is 27.6 Å². The van der Waals surface area contributed by atoms with Crippen LogP contribution in [0.25, 0.3) is 0 Å². The number of nitrogens with one attached hydrogen (secondary N) is 1. The van der Waals surface area contributed by atoms with Gasteiger partial charge in [-0.2, -0.15) is 4.72 Å². The fourth-order valence-corrected chi connectivity index (χ4v) is 2.95. The molecule has 7 heteroatoms. The Balaban J connectivity index is 3.06. The van der Waals surface area contributed by atoms with E-state index >= 15 is 0 Å². The highest BCUT2D eigenvalue weighted by atomic mass is 35.5. The second-order valence-corrected chi connectivity index (χ2v) is 6.01. The average molecular weight is 292 g/mol. The summed E-state index contributed by atoms with van der Waals surface area (Å²) in [5, 5.41) is 9.31. The molecule has 0 aliphatic carbocycles. The summed E-state index contributed by atoms with van der Waals surface area (Å²) in [5.74, 6) is -1.41. The Morgan fingerprint density at radius 3 is 2.56 bits per heavy atom. The van der Waals surface area contributed by atoms with Gasteiger partial charge in [-0.25, -0.2) is 8.42 Å². The molecule has 0 aromatic heterocycles. The van der Waals surface area contributed by atoms with Crippen molar-refractivity contribution in [2.45, 2.75) is 19.4 Å². The minimum atomic E-state index is -3.63. The van der Waals surface area contributed by atoms with E-state index in [0.29, 0.717) is 6.42 Å². The minimum absolute atomic E-state index is 0.124. The zero-order valence-corrected chi connectivity index (χ0v) is 11.3. The van der Waals surface area contributed by atoms with Crippen molar-refractivity contribution in [1.29, 1.82) is 0 Å². The van der Waals surface area contributed by atoms with Gasteiger partial charge < -0.3 is 5.11 Å². The van der Waals surface area contributed by atoms with Gasteiger partial charge in [0.05, 0.1) is 5.75 Å². The Morgan fingerprint density at radius 1 is 1.44 bits per heavy atom. The van der Waals surface area contributed by atoms with Gasteiger partial charge in [-0.1, -0.05) is 36.7 Å². The zero-order chi connectivity index (χ0) is 13.8. The second kappa shape index (κ2) is 6.17. The van der Waals surface area contributed by atoms with Crippen LogP contribution < -0.4 is 4.72 Å². The average Bonchev–Trinajstić information content (AvgIpc) is 2.26. The Kier molecular flexibility index (Phi) is 5.13. The summed E-state index contributed by atoms with van der Waals surface area (Å²) in [6, 6.07) is 4.88. The number of sulfonamides is 1. The first kappa shape index (κ1) is 14.9. The number of carboxylic acids is 1. The number of hydrogen-bond donors (Lipinski definition) is 2. The second-order valence-electron chi connectivity index (χ2n) is 3.73. The van der Waals surface area contributed by atoms with Crippen LogP contribution in [0.1, 0.15) is 24.9 Å². The predicted octanol–water partition coefficient (Wildman–Crippen LogP) is 1.80. The standard InChI is InChI=1S/C11H14ClNO4S/c1-2-7-18(16,17)13-10(11(14)15)8-5-3-4-6-9(8)12/h3-6,10,13H,2,7H2,1H3,(H,14,15)/t10-/m1/s1. The third-order valence-electron chi connectivity index (χ3n) is 2.23. The molecule has 1 aromatic carbocycles. The number of carboxylic acid groups (broad SMARTS) is 1. The SMILES string of the molecule is CCCS(=O)(=O)N[C@@H](C(=O)O)c1ccccc1Cl. The van der Waals surface area contributed by atoms with Crippen molar-refractivity contribution in [2.24, 2.45) is 0 Å². The fourth-order valence-electron chi connectivity index (χ4n) is 1.46. The smallest absolute Gasteiger partial charge is 0.326 e. The molecule has 0 heterocycles. The number of rotatable bonds is 6. The van der Waals surface area contributed by atoms with Crippen LogP contribution in [0.4, 0.5) is 0 Å². The number of aliphatic carboxylic acids is 1. The van der Waals surface area contributed by atoms with Crippen LogP contribution >= 0.6 is 11.6 Å². The molecule has 2 N–H and O–H groups in total.